The van der Waals surface area contributed by atoms with Crippen LogP contribution in [0.25, 0.3) is 11.3 Å². The molecule has 0 radical (unpaired) electrons. The maximum Gasteiger partial charge on any atom is 0.191 e. The van der Waals surface area contributed by atoms with Gasteiger partial charge in [0, 0.05) is 12.5 Å². The number of halogens is 1. The van der Waals surface area contributed by atoms with E-state index in [1.54, 1.807) is 6.07 Å². The molecule has 0 amide bonds. The lowest BCUT2D eigenvalue weighted by molar-refractivity contribution is 0.495. The van der Waals surface area contributed by atoms with Crippen LogP contribution in [0, 0.1) is 19.7 Å². The fraction of sp³-hybridized carbons (Fsp3) is 0.357. The minimum Gasteiger partial charge on any atom is -0.446 e. The third-order valence-corrected chi connectivity index (χ3v) is 2.79. The van der Waals surface area contributed by atoms with Gasteiger partial charge in [0.2, 0.25) is 0 Å². The molecule has 0 fully saturated rings. The van der Waals surface area contributed by atoms with Crippen molar-refractivity contribution in [2.75, 3.05) is 0 Å². The second-order valence-electron chi connectivity index (χ2n) is 4.53. The normalized spacial score (nSPS) is 11.2. The molecule has 0 aliphatic rings. The van der Waals surface area contributed by atoms with E-state index in [-0.39, 0.29) is 11.7 Å². The van der Waals surface area contributed by atoms with E-state index < -0.39 is 0 Å². The molecule has 0 aliphatic carbocycles. The first kappa shape index (κ1) is 11.8. The summed E-state index contributed by atoms with van der Waals surface area (Å²) in [5, 5.41) is 0. The van der Waals surface area contributed by atoms with Crippen LogP contribution in [0.2, 0.25) is 0 Å². The molecule has 0 N–H and O–H groups in total. The second-order valence-corrected chi connectivity index (χ2v) is 4.53. The Balaban J connectivity index is 2.53. The molecular formula is C14H16FNO. The Labute approximate surface area is 100 Å². The van der Waals surface area contributed by atoms with Gasteiger partial charge in [0.1, 0.15) is 17.3 Å². The molecule has 1 heterocycles. The van der Waals surface area contributed by atoms with Gasteiger partial charge in [0.05, 0.1) is 0 Å². The quantitative estimate of drug-likeness (QED) is 0.776. The van der Waals surface area contributed by atoms with E-state index in [0.29, 0.717) is 11.5 Å². The molecule has 0 saturated heterocycles. The van der Waals surface area contributed by atoms with Crippen LogP contribution in [0.15, 0.2) is 22.6 Å². The zero-order chi connectivity index (χ0) is 12.6. The van der Waals surface area contributed by atoms with Crippen molar-refractivity contribution in [2.45, 2.75) is 33.6 Å². The third kappa shape index (κ3) is 2.23. The van der Waals surface area contributed by atoms with Crippen LogP contribution in [0.1, 0.15) is 37.0 Å². The number of aryl methyl sites for hydroxylation is 2. The van der Waals surface area contributed by atoms with Crippen molar-refractivity contribution in [1.29, 1.82) is 0 Å². The molecule has 3 heteroatoms. The zero-order valence-corrected chi connectivity index (χ0v) is 10.5. The van der Waals surface area contributed by atoms with Gasteiger partial charge >= 0.3 is 0 Å². The fourth-order valence-corrected chi connectivity index (χ4v) is 1.93. The van der Waals surface area contributed by atoms with E-state index in [2.05, 4.69) is 4.98 Å². The maximum absolute atomic E-state index is 13.6. The van der Waals surface area contributed by atoms with Gasteiger partial charge in [0.15, 0.2) is 5.89 Å². The molecule has 90 valence electrons. The summed E-state index contributed by atoms with van der Waals surface area (Å²) in [6.07, 6.45) is 0. The fourth-order valence-electron chi connectivity index (χ4n) is 1.93. The first-order chi connectivity index (χ1) is 7.99. The molecule has 17 heavy (non-hydrogen) atoms. The van der Waals surface area contributed by atoms with Crippen LogP contribution in [0.5, 0.6) is 0 Å². The minimum atomic E-state index is -0.165. The van der Waals surface area contributed by atoms with Crippen molar-refractivity contribution in [1.82, 2.24) is 4.98 Å². The van der Waals surface area contributed by atoms with Crippen molar-refractivity contribution in [3.63, 3.8) is 0 Å². The lowest BCUT2D eigenvalue weighted by Crippen LogP contribution is -1.94. The molecule has 0 unspecified atom stereocenters. The van der Waals surface area contributed by atoms with E-state index in [0.717, 1.165) is 17.0 Å². The first-order valence-corrected chi connectivity index (χ1v) is 5.73. The Morgan fingerprint density at radius 1 is 1.24 bits per heavy atom. The summed E-state index contributed by atoms with van der Waals surface area (Å²) in [4.78, 5) is 4.32. The monoisotopic (exact) mass is 233 g/mol. The molecule has 2 aromatic rings. The smallest absolute Gasteiger partial charge is 0.191 e. The number of nitrogens with zero attached hydrogens (tertiary/aromatic N) is 1. The SMILES string of the molecule is Cc1nc(-c2ccc(F)c(C(C)C)c2)c(C)o1. The van der Waals surface area contributed by atoms with E-state index in [4.69, 9.17) is 4.42 Å². The average molecular weight is 233 g/mol. The molecule has 0 spiro atoms. The average Bonchev–Trinajstić information content (AvgIpc) is 2.58. The Morgan fingerprint density at radius 2 is 1.94 bits per heavy atom. The van der Waals surface area contributed by atoms with Gasteiger partial charge in [-0.1, -0.05) is 13.8 Å². The topological polar surface area (TPSA) is 26.0 Å². The van der Waals surface area contributed by atoms with Gasteiger partial charge in [-0.3, -0.25) is 0 Å². The molecule has 2 nitrogen and oxygen atoms in total. The Kier molecular flexibility index (Phi) is 3.01. The summed E-state index contributed by atoms with van der Waals surface area (Å²) in [6, 6.07) is 5.09. The Bertz CT molecular complexity index is 543. The predicted molar refractivity (Wildman–Crippen MR) is 65.5 cm³/mol. The lowest BCUT2D eigenvalue weighted by atomic mass is 9.98. The van der Waals surface area contributed by atoms with Crippen LogP contribution >= 0.6 is 0 Å². The van der Waals surface area contributed by atoms with Crippen molar-refractivity contribution >= 4 is 0 Å². The molecule has 0 saturated carbocycles. The highest BCUT2D eigenvalue weighted by atomic mass is 19.1. The summed E-state index contributed by atoms with van der Waals surface area (Å²) in [5.41, 5.74) is 2.41. The van der Waals surface area contributed by atoms with Crippen LogP contribution in [0.3, 0.4) is 0 Å². The number of oxazole rings is 1. The van der Waals surface area contributed by atoms with Crippen LogP contribution in [-0.4, -0.2) is 4.98 Å². The van der Waals surface area contributed by atoms with Gasteiger partial charge in [-0.2, -0.15) is 0 Å². The standard InChI is InChI=1S/C14H16FNO/c1-8(2)12-7-11(5-6-13(12)15)14-9(3)17-10(4)16-14/h5-8H,1-4H3. The third-order valence-electron chi connectivity index (χ3n) is 2.79. The summed E-state index contributed by atoms with van der Waals surface area (Å²) < 4.78 is 19.0. The molecule has 0 atom stereocenters. The number of hydrogen-bond acceptors (Lipinski definition) is 2. The summed E-state index contributed by atoms with van der Waals surface area (Å²) in [5.74, 6) is 1.39. The highest BCUT2D eigenvalue weighted by molar-refractivity contribution is 5.62. The molecular weight excluding hydrogens is 217 g/mol. The van der Waals surface area contributed by atoms with Crippen LogP contribution in [-0.2, 0) is 0 Å². The van der Waals surface area contributed by atoms with Gasteiger partial charge in [0.25, 0.3) is 0 Å². The zero-order valence-electron chi connectivity index (χ0n) is 10.5. The molecule has 2 rings (SSSR count). The first-order valence-electron chi connectivity index (χ1n) is 5.73. The van der Waals surface area contributed by atoms with Crippen LogP contribution < -0.4 is 0 Å². The number of rotatable bonds is 2. The summed E-state index contributed by atoms with van der Waals surface area (Å²) in [7, 11) is 0. The summed E-state index contributed by atoms with van der Waals surface area (Å²) in [6.45, 7) is 7.63. The molecule has 1 aromatic carbocycles. The Morgan fingerprint density at radius 3 is 2.47 bits per heavy atom. The second kappa shape index (κ2) is 4.32. The van der Waals surface area contributed by atoms with E-state index >= 15 is 0 Å². The molecule has 0 bridgehead atoms. The molecule has 0 aliphatic heterocycles. The van der Waals surface area contributed by atoms with Crippen molar-refractivity contribution in [3.8, 4) is 11.3 Å². The van der Waals surface area contributed by atoms with Gasteiger partial charge in [-0.05, 0) is 36.6 Å². The maximum atomic E-state index is 13.6. The van der Waals surface area contributed by atoms with E-state index in [1.807, 2.05) is 33.8 Å². The lowest BCUT2D eigenvalue weighted by Gasteiger charge is -2.08. The highest BCUT2D eigenvalue weighted by Crippen LogP contribution is 2.28. The van der Waals surface area contributed by atoms with Crippen molar-refractivity contribution < 1.29 is 8.81 Å². The van der Waals surface area contributed by atoms with Crippen LogP contribution in [0.4, 0.5) is 4.39 Å². The number of hydrogen-bond donors (Lipinski definition) is 0. The largest absolute Gasteiger partial charge is 0.446 e. The highest BCUT2D eigenvalue weighted by Gasteiger charge is 2.13. The van der Waals surface area contributed by atoms with Crippen molar-refractivity contribution in [2.24, 2.45) is 0 Å². The number of aromatic nitrogens is 1. The Hall–Kier alpha value is -1.64. The van der Waals surface area contributed by atoms with Gasteiger partial charge < -0.3 is 4.42 Å². The summed E-state index contributed by atoms with van der Waals surface area (Å²) >= 11 is 0. The van der Waals surface area contributed by atoms with Gasteiger partial charge in [-0.25, -0.2) is 9.37 Å². The van der Waals surface area contributed by atoms with E-state index in [1.165, 1.54) is 6.07 Å². The van der Waals surface area contributed by atoms with Crippen molar-refractivity contribution in [3.05, 3.63) is 41.2 Å². The minimum absolute atomic E-state index is 0.156. The molecule has 1 aromatic heterocycles. The number of benzene rings is 1. The van der Waals surface area contributed by atoms with Gasteiger partial charge in [-0.15, -0.1) is 0 Å². The van der Waals surface area contributed by atoms with E-state index in [9.17, 15) is 4.39 Å². The predicted octanol–water partition coefficient (Wildman–Crippen LogP) is 4.22.